The number of aromatic nitrogens is 2. The Morgan fingerprint density at radius 3 is 2.53 bits per heavy atom. The van der Waals surface area contributed by atoms with E-state index in [0.29, 0.717) is 5.82 Å². The van der Waals surface area contributed by atoms with Gasteiger partial charge in [-0.05, 0) is 37.8 Å². The van der Waals surface area contributed by atoms with Crippen LogP contribution in [0.2, 0.25) is 0 Å². The van der Waals surface area contributed by atoms with Gasteiger partial charge in [0.1, 0.15) is 11.9 Å². The molecule has 1 atom stereocenters. The molecule has 2 aromatic rings. The summed E-state index contributed by atoms with van der Waals surface area (Å²) in [6, 6.07) is 7.02. The molecule has 0 bridgehead atoms. The SMILES string of the molecule is Cc1nc2ccccc2nc1NC(C(=O)O)C1CC1. The van der Waals surface area contributed by atoms with Gasteiger partial charge in [-0.2, -0.15) is 0 Å². The summed E-state index contributed by atoms with van der Waals surface area (Å²) < 4.78 is 0. The lowest BCUT2D eigenvalue weighted by Crippen LogP contribution is -2.32. The Morgan fingerprint density at radius 1 is 1.32 bits per heavy atom. The van der Waals surface area contributed by atoms with Gasteiger partial charge in [0.2, 0.25) is 0 Å². The highest BCUT2D eigenvalue weighted by Crippen LogP contribution is 2.34. The lowest BCUT2D eigenvalue weighted by Gasteiger charge is -2.15. The number of para-hydroxylation sites is 2. The summed E-state index contributed by atoms with van der Waals surface area (Å²) in [6.07, 6.45) is 1.92. The van der Waals surface area contributed by atoms with Gasteiger partial charge in [0.15, 0.2) is 0 Å². The minimum atomic E-state index is -0.822. The van der Waals surface area contributed by atoms with Crippen molar-refractivity contribution in [3.63, 3.8) is 0 Å². The third-order valence-electron chi connectivity index (χ3n) is 3.40. The summed E-state index contributed by atoms with van der Waals surface area (Å²) >= 11 is 0. The summed E-state index contributed by atoms with van der Waals surface area (Å²) in [6.45, 7) is 1.84. The van der Waals surface area contributed by atoms with Crippen LogP contribution in [0.3, 0.4) is 0 Å². The van der Waals surface area contributed by atoms with E-state index in [4.69, 9.17) is 0 Å². The van der Waals surface area contributed by atoms with Crippen LogP contribution in [0.5, 0.6) is 0 Å². The first-order valence-electron chi connectivity index (χ1n) is 6.38. The molecule has 0 aliphatic heterocycles. The van der Waals surface area contributed by atoms with Gasteiger partial charge in [-0.15, -0.1) is 0 Å². The van der Waals surface area contributed by atoms with E-state index in [1.54, 1.807) is 0 Å². The third kappa shape index (κ3) is 2.36. The summed E-state index contributed by atoms with van der Waals surface area (Å²) in [7, 11) is 0. The number of nitrogens with zero attached hydrogens (tertiary/aromatic N) is 2. The second-order valence-corrected chi connectivity index (χ2v) is 4.94. The number of rotatable bonds is 4. The molecule has 1 unspecified atom stereocenters. The summed E-state index contributed by atoms with van der Waals surface area (Å²) in [5.74, 6) is -0.0416. The molecular weight excluding hydrogens is 242 g/mol. The quantitative estimate of drug-likeness (QED) is 0.878. The molecule has 1 aliphatic carbocycles. The highest BCUT2D eigenvalue weighted by Gasteiger charge is 2.36. The Morgan fingerprint density at radius 2 is 1.95 bits per heavy atom. The van der Waals surface area contributed by atoms with E-state index in [1.165, 1.54) is 0 Å². The van der Waals surface area contributed by atoms with E-state index in [0.717, 1.165) is 29.6 Å². The van der Waals surface area contributed by atoms with Gasteiger partial charge in [0.25, 0.3) is 0 Å². The van der Waals surface area contributed by atoms with E-state index in [2.05, 4.69) is 15.3 Å². The number of carboxylic acids is 1. The van der Waals surface area contributed by atoms with Crippen LogP contribution in [0.25, 0.3) is 11.0 Å². The van der Waals surface area contributed by atoms with E-state index >= 15 is 0 Å². The van der Waals surface area contributed by atoms with Gasteiger partial charge < -0.3 is 10.4 Å². The van der Waals surface area contributed by atoms with Crippen molar-refractivity contribution in [1.82, 2.24) is 9.97 Å². The van der Waals surface area contributed by atoms with Gasteiger partial charge >= 0.3 is 5.97 Å². The number of aliphatic carboxylic acids is 1. The molecule has 0 radical (unpaired) electrons. The molecule has 98 valence electrons. The maximum Gasteiger partial charge on any atom is 0.326 e. The fourth-order valence-corrected chi connectivity index (χ4v) is 2.18. The molecule has 1 aliphatic rings. The van der Waals surface area contributed by atoms with Crippen molar-refractivity contribution in [3.05, 3.63) is 30.0 Å². The van der Waals surface area contributed by atoms with Gasteiger partial charge in [-0.3, -0.25) is 0 Å². The molecule has 0 amide bonds. The molecule has 2 N–H and O–H groups in total. The summed E-state index contributed by atoms with van der Waals surface area (Å²) in [5.41, 5.74) is 2.32. The van der Waals surface area contributed by atoms with Crippen LogP contribution in [-0.4, -0.2) is 27.1 Å². The zero-order chi connectivity index (χ0) is 13.4. The first-order valence-corrected chi connectivity index (χ1v) is 6.38. The van der Waals surface area contributed by atoms with Gasteiger partial charge in [0, 0.05) is 0 Å². The number of carbonyl (C=O) groups is 1. The number of carboxylic acid groups (broad SMARTS) is 1. The number of aryl methyl sites for hydroxylation is 1. The third-order valence-corrected chi connectivity index (χ3v) is 3.40. The fraction of sp³-hybridized carbons (Fsp3) is 0.357. The van der Waals surface area contributed by atoms with Crippen LogP contribution in [0.15, 0.2) is 24.3 Å². The largest absolute Gasteiger partial charge is 0.480 e. The molecule has 1 aromatic carbocycles. The van der Waals surface area contributed by atoms with Gasteiger partial charge in [0.05, 0.1) is 16.7 Å². The molecule has 19 heavy (non-hydrogen) atoms. The second kappa shape index (κ2) is 4.50. The van der Waals surface area contributed by atoms with Crippen molar-refractivity contribution < 1.29 is 9.90 Å². The van der Waals surface area contributed by atoms with Crippen LogP contribution in [-0.2, 0) is 4.79 Å². The van der Waals surface area contributed by atoms with Crippen LogP contribution in [0.4, 0.5) is 5.82 Å². The Bertz CT molecular complexity index is 638. The minimum Gasteiger partial charge on any atom is -0.480 e. The predicted octanol–water partition coefficient (Wildman–Crippen LogP) is 2.21. The zero-order valence-corrected chi connectivity index (χ0v) is 10.6. The van der Waals surface area contributed by atoms with Gasteiger partial charge in [-0.25, -0.2) is 14.8 Å². The standard InChI is InChI=1S/C14H15N3O2/c1-8-13(17-12(14(18)19)9-6-7-9)16-11-5-3-2-4-10(11)15-8/h2-5,9,12H,6-7H2,1H3,(H,16,17)(H,18,19). The molecule has 1 saturated carbocycles. The van der Waals surface area contributed by atoms with E-state index in [-0.39, 0.29) is 5.92 Å². The highest BCUT2D eigenvalue weighted by molar-refractivity contribution is 5.80. The van der Waals surface area contributed by atoms with Crippen LogP contribution in [0, 0.1) is 12.8 Å². The molecule has 1 aromatic heterocycles. The molecule has 5 heteroatoms. The molecule has 1 heterocycles. The Hall–Kier alpha value is -2.17. The van der Waals surface area contributed by atoms with Crippen LogP contribution < -0.4 is 5.32 Å². The highest BCUT2D eigenvalue weighted by atomic mass is 16.4. The van der Waals surface area contributed by atoms with Crippen molar-refractivity contribution >= 4 is 22.8 Å². The number of fused-ring (bicyclic) bond motifs is 1. The first kappa shape index (κ1) is 11.9. The average Bonchev–Trinajstić information content (AvgIpc) is 3.20. The van der Waals surface area contributed by atoms with Crippen LogP contribution in [0.1, 0.15) is 18.5 Å². The number of benzene rings is 1. The summed E-state index contributed by atoms with van der Waals surface area (Å²) in [4.78, 5) is 20.2. The predicted molar refractivity (Wildman–Crippen MR) is 72.0 cm³/mol. The van der Waals surface area contributed by atoms with Crippen molar-refractivity contribution in [2.75, 3.05) is 5.32 Å². The monoisotopic (exact) mass is 257 g/mol. The lowest BCUT2D eigenvalue weighted by molar-refractivity contribution is -0.138. The maximum absolute atomic E-state index is 11.2. The second-order valence-electron chi connectivity index (χ2n) is 4.94. The Labute approximate surface area is 110 Å². The molecule has 3 rings (SSSR count). The Balaban J connectivity index is 1.95. The molecule has 1 fully saturated rings. The maximum atomic E-state index is 11.2. The Kier molecular flexibility index (Phi) is 2.81. The molecule has 0 saturated heterocycles. The van der Waals surface area contributed by atoms with Gasteiger partial charge in [-0.1, -0.05) is 12.1 Å². The lowest BCUT2D eigenvalue weighted by atomic mass is 10.2. The number of hydrogen-bond donors (Lipinski definition) is 2. The molecule has 5 nitrogen and oxygen atoms in total. The smallest absolute Gasteiger partial charge is 0.326 e. The minimum absolute atomic E-state index is 0.213. The first-order chi connectivity index (χ1) is 9.15. The van der Waals surface area contributed by atoms with E-state index in [1.807, 2.05) is 31.2 Å². The van der Waals surface area contributed by atoms with Crippen molar-refractivity contribution in [1.29, 1.82) is 0 Å². The number of nitrogens with one attached hydrogen (secondary N) is 1. The number of hydrogen-bond acceptors (Lipinski definition) is 4. The zero-order valence-electron chi connectivity index (χ0n) is 10.6. The van der Waals surface area contributed by atoms with E-state index < -0.39 is 12.0 Å². The molecular formula is C14H15N3O2. The average molecular weight is 257 g/mol. The van der Waals surface area contributed by atoms with E-state index in [9.17, 15) is 9.90 Å². The van der Waals surface area contributed by atoms with Crippen molar-refractivity contribution in [3.8, 4) is 0 Å². The summed E-state index contributed by atoms with van der Waals surface area (Å²) in [5, 5.41) is 12.3. The molecule has 0 spiro atoms. The van der Waals surface area contributed by atoms with Crippen molar-refractivity contribution in [2.24, 2.45) is 5.92 Å². The van der Waals surface area contributed by atoms with Crippen LogP contribution >= 0.6 is 0 Å². The normalized spacial score (nSPS) is 16.3. The van der Waals surface area contributed by atoms with Crippen molar-refractivity contribution in [2.45, 2.75) is 25.8 Å². The fourth-order valence-electron chi connectivity index (χ4n) is 2.18. The topological polar surface area (TPSA) is 75.1 Å². The number of anilines is 1.